The summed E-state index contributed by atoms with van der Waals surface area (Å²) in [4.78, 5) is 25.0. The van der Waals surface area contributed by atoms with Crippen LogP contribution in [0.3, 0.4) is 0 Å². The number of aliphatic hydroxyl groups excluding tert-OH is 1. The zero-order valence-corrected chi connectivity index (χ0v) is 15.4. The highest BCUT2D eigenvalue weighted by atomic mass is 16.3. The number of hydrogen-bond acceptors (Lipinski definition) is 3. The molecule has 0 radical (unpaired) electrons. The van der Waals surface area contributed by atoms with Gasteiger partial charge < -0.3 is 15.7 Å². The highest BCUT2D eigenvalue weighted by Crippen LogP contribution is 2.44. The summed E-state index contributed by atoms with van der Waals surface area (Å²) in [5, 5.41) is 17.5. The van der Waals surface area contributed by atoms with Gasteiger partial charge in [-0.2, -0.15) is 0 Å². The average Bonchev–Trinajstić information content (AvgIpc) is 3.29. The summed E-state index contributed by atoms with van der Waals surface area (Å²) in [6, 6.07) is 13.1. The number of carbonyl (C=O) groups is 2. The first-order valence-corrected chi connectivity index (χ1v) is 9.81. The molecule has 0 heterocycles. The second kappa shape index (κ2) is 7.69. The molecule has 0 spiro atoms. The largest absolute Gasteiger partial charge is 0.394 e. The Balaban J connectivity index is 1.37. The fraction of sp³-hybridized carbons (Fsp3) is 0.455. The molecule has 4 atom stereocenters. The van der Waals surface area contributed by atoms with Crippen molar-refractivity contribution in [1.29, 1.82) is 0 Å². The predicted octanol–water partition coefficient (Wildman–Crippen LogP) is 2.16. The third kappa shape index (κ3) is 3.83. The molecule has 2 fully saturated rings. The molecule has 5 nitrogen and oxygen atoms in total. The number of nitrogens with one attached hydrogen (secondary N) is 2. The van der Waals surface area contributed by atoms with Gasteiger partial charge in [0, 0.05) is 6.04 Å². The van der Waals surface area contributed by atoms with Crippen LogP contribution in [-0.2, 0) is 16.0 Å². The number of fused-ring (bicyclic) bond motifs is 3. The Morgan fingerprint density at radius 1 is 1.07 bits per heavy atom. The van der Waals surface area contributed by atoms with E-state index in [9.17, 15) is 14.7 Å². The molecule has 2 amide bonds. The minimum Gasteiger partial charge on any atom is -0.394 e. The molecular formula is C22H26N2O3. The van der Waals surface area contributed by atoms with Crippen molar-refractivity contribution >= 4 is 22.6 Å². The van der Waals surface area contributed by atoms with Gasteiger partial charge in [-0.3, -0.25) is 9.59 Å². The predicted molar refractivity (Wildman–Crippen MR) is 104 cm³/mol. The summed E-state index contributed by atoms with van der Waals surface area (Å²) < 4.78 is 0. The van der Waals surface area contributed by atoms with Crippen LogP contribution in [0.2, 0.25) is 0 Å². The van der Waals surface area contributed by atoms with Crippen molar-refractivity contribution in [1.82, 2.24) is 10.6 Å². The maximum atomic E-state index is 12.5. The molecule has 4 unspecified atom stereocenters. The fourth-order valence-corrected chi connectivity index (χ4v) is 4.76. The van der Waals surface area contributed by atoms with Crippen molar-refractivity contribution in [3.05, 3.63) is 48.0 Å². The van der Waals surface area contributed by atoms with Crippen LogP contribution in [0, 0.1) is 11.8 Å². The highest BCUT2D eigenvalue weighted by molar-refractivity contribution is 5.92. The molecule has 2 aromatic rings. The number of benzene rings is 2. The van der Waals surface area contributed by atoms with Gasteiger partial charge in [-0.05, 0) is 47.4 Å². The molecule has 3 N–H and O–H groups in total. The lowest BCUT2D eigenvalue weighted by atomic mass is 9.95. The summed E-state index contributed by atoms with van der Waals surface area (Å²) >= 11 is 0. The summed E-state index contributed by atoms with van der Waals surface area (Å²) in [7, 11) is 0. The Labute approximate surface area is 159 Å². The third-order valence-corrected chi connectivity index (χ3v) is 6.13. The van der Waals surface area contributed by atoms with Crippen LogP contribution in [0.4, 0.5) is 0 Å². The zero-order chi connectivity index (χ0) is 18.8. The van der Waals surface area contributed by atoms with Gasteiger partial charge >= 0.3 is 0 Å². The Kier molecular flexibility index (Phi) is 5.12. The summed E-state index contributed by atoms with van der Waals surface area (Å²) in [6.07, 6.45) is 4.84. The van der Waals surface area contributed by atoms with Gasteiger partial charge in [-0.1, -0.05) is 48.9 Å². The van der Waals surface area contributed by atoms with E-state index in [4.69, 9.17) is 0 Å². The van der Waals surface area contributed by atoms with Crippen molar-refractivity contribution in [2.75, 3.05) is 6.61 Å². The van der Waals surface area contributed by atoms with E-state index in [0.29, 0.717) is 5.92 Å². The maximum absolute atomic E-state index is 12.5. The van der Waals surface area contributed by atoms with Crippen LogP contribution in [0.15, 0.2) is 42.5 Å². The summed E-state index contributed by atoms with van der Waals surface area (Å²) in [6.45, 7) is -0.395. The monoisotopic (exact) mass is 366 g/mol. The standard InChI is InChI=1S/C22H26N2O3/c25-13-20(22(27)24-19-11-14-8-9-17(19)10-14)23-21(26)12-16-6-3-5-15-4-1-2-7-18(15)16/h1-7,14,17,19-20,25H,8-13H2,(H,23,26)(H,24,27). The van der Waals surface area contributed by atoms with Crippen molar-refractivity contribution < 1.29 is 14.7 Å². The number of rotatable bonds is 6. The number of aliphatic hydroxyl groups is 1. The van der Waals surface area contributed by atoms with Crippen molar-refractivity contribution in [2.24, 2.45) is 11.8 Å². The second-order valence-electron chi connectivity index (χ2n) is 7.91. The molecule has 0 saturated heterocycles. The molecule has 2 aliphatic carbocycles. The quantitative estimate of drug-likeness (QED) is 0.733. The normalized spacial score (nSPS) is 24.7. The van der Waals surface area contributed by atoms with Crippen LogP contribution in [0.1, 0.15) is 31.2 Å². The van der Waals surface area contributed by atoms with E-state index >= 15 is 0 Å². The summed E-state index contributed by atoms with van der Waals surface area (Å²) in [5.41, 5.74) is 0.913. The molecule has 5 heteroatoms. The fourth-order valence-electron chi connectivity index (χ4n) is 4.76. The minimum absolute atomic E-state index is 0.180. The lowest BCUT2D eigenvalue weighted by molar-refractivity contribution is -0.130. The van der Waals surface area contributed by atoms with E-state index in [1.54, 1.807) is 0 Å². The molecule has 2 saturated carbocycles. The van der Waals surface area contributed by atoms with Gasteiger partial charge in [0.05, 0.1) is 13.0 Å². The van der Waals surface area contributed by atoms with E-state index in [2.05, 4.69) is 10.6 Å². The Bertz CT molecular complexity index is 845. The molecule has 2 aromatic carbocycles. The van der Waals surface area contributed by atoms with Gasteiger partial charge in [0.1, 0.15) is 6.04 Å². The Morgan fingerprint density at radius 2 is 1.89 bits per heavy atom. The lowest BCUT2D eigenvalue weighted by Gasteiger charge is -2.25. The van der Waals surface area contributed by atoms with Crippen LogP contribution in [0.25, 0.3) is 10.8 Å². The van der Waals surface area contributed by atoms with E-state index in [1.165, 1.54) is 19.3 Å². The molecule has 2 bridgehead atoms. The van der Waals surface area contributed by atoms with E-state index < -0.39 is 12.6 Å². The number of amides is 2. The van der Waals surface area contributed by atoms with Crippen molar-refractivity contribution in [3.63, 3.8) is 0 Å². The van der Waals surface area contributed by atoms with Gasteiger partial charge in [0.2, 0.25) is 11.8 Å². The number of hydrogen-bond donors (Lipinski definition) is 3. The van der Waals surface area contributed by atoms with Gasteiger partial charge in [-0.25, -0.2) is 0 Å². The molecule has 2 aliphatic rings. The van der Waals surface area contributed by atoms with Crippen molar-refractivity contribution in [3.8, 4) is 0 Å². The van der Waals surface area contributed by atoms with Gasteiger partial charge in [-0.15, -0.1) is 0 Å². The third-order valence-electron chi connectivity index (χ3n) is 6.13. The van der Waals surface area contributed by atoms with Gasteiger partial charge in [0.15, 0.2) is 0 Å². The van der Waals surface area contributed by atoms with Crippen LogP contribution in [-0.4, -0.2) is 35.6 Å². The Hall–Kier alpha value is -2.40. The SMILES string of the molecule is O=C(Cc1cccc2ccccc12)NC(CO)C(=O)NC1CC2CCC1C2. The van der Waals surface area contributed by atoms with E-state index in [1.807, 2.05) is 42.5 Å². The second-order valence-corrected chi connectivity index (χ2v) is 7.91. The average molecular weight is 366 g/mol. The smallest absolute Gasteiger partial charge is 0.245 e. The molecule has 0 aromatic heterocycles. The van der Waals surface area contributed by atoms with E-state index in [-0.39, 0.29) is 24.3 Å². The van der Waals surface area contributed by atoms with Gasteiger partial charge in [0.25, 0.3) is 0 Å². The van der Waals surface area contributed by atoms with Crippen LogP contribution in [0.5, 0.6) is 0 Å². The lowest BCUT2D eigenvalue weighted by Crippen LogP contribution is -2.52. The molecular weight excluding hydrogens is 340 g/mol. The highest BCUT2D eigenvalue weighted by Gasteiger charge is 2.40. The maximum Gasteiger partial charge on any atom is 0.245 e. The zero-order valence-electron chi connectivity index (χ0n) is 15.4. The first kappa shape index (κ1) is 18.0. The molecule has 142 valence electrons. The summed E-state index contributed by atoms with van der Waals surface area (Å²) in [5.74, 6) is 0.758. The first-order valence-electron chi connectivity index (χ1n) is 9.81. The van der Waals surface area contributed by atoms with E-state index in [0.717, 1.165) is 28.7 Å². The topological polar surface area (TPSA) is 78.4 Å². The first-order chi connectivity index (χ1) is 13.1. The van der Waals surface area contributed by atoms with Crippen LogP contribution >= 0.6 is 0 Å². The molecule has 27 heavy (non-hydrogen) atoms. The molecule has 4 rings (SSSR count). The Morgan fingerprint density at radius 3 is 2.63 bits per heavy atom. The van der Waals surface area contributed by atoms with Crippen LogP contribution < -0.4 is 10.6 Å². The molecule has 0 aliphatic heterocycles. The number of carbonyl (C=O) groups excluding carboxylic acids is 2. The van der Waals surface area contributed by atoms with Crippen molar-refractivity contribution in [2.45, 2.75) is 44.2 Å². The minimum atomic E-state index is -0.897.